The molecule has 1 unspecified atom stereocenters. The van der Waals surface area contributed by atoms with Gasteiger partial charge in [0.15, 0.2) is 6.10 Å². The molecule has 0 radical (unpaired) electrons. The first-order chi connectivity index (χ1) is 8.34. The maximum absolute atomic E-state index is 12.0. The average molecular weight is 300 g/mol. The largest absolute Gasteiger partial charge is 0.416 e. The fourth-order valence-corrected chi connectivity index (χ4v) is 1.14. The van der Waals surface area contributed by atoms with Crippen LogP contribution in [0, 0.1) is 0 Å². The van der Waals surface area contributed by atoms with Gasteiger partial charge in [-0.2, -0.15) is 13.2 Å². The molecule has 0 saturated carbocycles. The highest BCUT2D eigenvalue weighted by Gasteiger charge is 2.38. The van der Waals surface area contributed by atoms with Gasteiger partial charge in [0.25, 0.3) is 5.91 Å². The summed E-state index contributed by atoms with van der Waals surface area (Å²) in [5, 5.41) is 10.7. The normalized spacial score (nSPS) is 12.5. The van der Waals surface area contributed by atoms with E-state index in [0.29, 0.717) is 5.69 Å². The predicted molar refractivity (Wildman–Crippen MR) is 63.8 cm³/mol. The number of nitrogens with zero attached hydrogens (tertiary/aromatic N) is 1. The Balaban J connectivity index is 0.00000324. The molecule has 108 valence electrons. The molecule has 1 atom stereocenters. The number of hydrogen-bond donors (Lipinski definition) is 3. The quantitative estimate of drug-likeness (QED) is 0.760. The Morgan fingerprint density at radius 3 is 2.68 bits per heavy atom. The second-order valence-corrected chi connectivity index (χ2v) is 3.51. The summed E-state index contributed by atoms with van der Waals surface area (Å²) < 4.78 is 36.0. The molecule has 0 spiro atoms. The predicted octanol–water partition coefficient (Wildman–Crippen LogP) is 0.615. The van der Waals surface area contributed by atoms with Gasteiger partial charge in [0.05, 0.1) is 12.2 Å². The molecule has 0 aromatic carbocycles. The van der Waals surface area contributed by atoms with Gasteiger partial charge in [-0.05, 0) is 12.1 Å². The van der Waals surface area contributed by atoms with E-state index in [0.717, 1.165) is 0 Å². The van der Waals surface area contributed by atoms with Gasteiger partial charge < -0.3 is 16.2 Å². The van der Waals surface area contributed by atoms with E-state index in [-0.39, 0.29) is 24.5 Å². The second kappa shape index (κ2) is 7.27. The third-order valence-electron chi connectivity index (χ3n) is 2.12. The molecule has 1 aromatic rings. The molecule has 1 heterocycles. The van der Waals surface area contributed by atoms with Crippen LogP contribution in [0.25, 0.3) is 0 Å². The zero-order valence-corrected chi connectivity index (χ0v) is 10.5. The Kier molecular flexibility index (Phi) is 6.74. The van der Waals surface area contributed by atoms with Gasteiger partial charge in [-0.1, -0.05) is 0 Å². The van der Waals surface area contributed by atoms with Gasteiger partial charge in [-0.25, -0.2) is 0 Å². The van der Waals surface area contributed by atoms with E-state index in [1.54, 1.807) is 0 Å². The summed E-state index contributed by atoms with van der Waals surface area (Å²) in [4.78, 5) is 15.3. The lowest BCUT2D eigenvalue weighted by atomic mass is 10.2. The van der Waals surface area contributed by atoms with E-state index >= 15 is 0 Å². The summed E-state index contributed by atoms with van der Waals surface area (Å²) in [5.74, 6) is -0.726. The van der Waals surface area contributed by atoms with Crippen molar-refractivity contribution in [2.45, 2.75) is 18.8 Å². The van der Waals surface area contributed by atoms with E-state index in [1.165, 1.54) is 18.3 Å². The number of aliphatic hydroxyl groups excluding tert-OH is 1. The molecule has 1 aromatic heterocycles. The maximum Gasteiger partial charge on any atom is 0.416 e. The van der Waals surface area contributed by atoms with Gasteiger partial charge in [0.2, 0.25) is 0 Å². The topological polar surface area (TPSA) is 88.2 Å². The van der Waals surface area contributed by atoms with Crippen LogP contribution < -0.4 is 11.1 Å². The van der Waals surface area contributed by atoms with Crippen LogP contribution in [0.15, 0.2) is 18.3 Å². The Morgan fingerprint density at radius 2 is 2.16 bits per heavy atom. The van der Waals surface area contributed by atoms with E-state index in [2.05, 4.69) is 4.98 Å². The summed E-state index contributed by atoms with van der Waals surface area (Å²) in [6.45, 7) is -0.783. The van der Waals surface area contributed by atoms with Crippen molar-refractivity contribution in [3.8, 4) is 0 Å². The summed E-state index contributed by atoms with van der Waals surface area (Å²) >= 11 is 0. The SMILES string of the molecule is Cl.NCc1cc(C(=O)NCC(O)C(F)(F)F)ccn1. The average Bonchev–Trinajstić information content (AvgIpc) is 2.34. The Labute approximate surface area is 113 Å². The molecule has 0 fully saturated rings. The standard InChI is InChI=1S/C10H12F3N3O2.ClH/c11-10(12,13)8(17)5-16-9(18)6-1-2-15-7(3-6)4-14;/h1-3,8,17H,4-5,14H2,(H,16,18);1H. The molecule has 0 saturated heterocycles. The third-order valence-corrected chi connectivity index (χ3v) is 2.12. The van der Waals surface area contributed by atoms with Crippen LogP contribution in [-0.4, -0.2) is 34.8 Å². The molecule has 19 heavy (non-hydrogen) atoms. The summed E-state index contributed by atoms with van der Waals surface area (Å²) in [5.41, 5.74) is 5.90. The lowest BCUT2D eigenvalue weighted by molar-refractivity contribution is -0.201. The fourth-order valence-electron chi connectivity index (χ4n) is 1.14. The number of pyridine rings is 1. The number of nitrogens with one attached hydrogen (secondary N) is 1. The molecule has 0 aliphatic rings. The highest BCUT2D eigenvalue weighted by Crippen LogP contribution is 2.19. The van der Waals surface area contributed by atoms with Gasteiger partial charge in [-0.3, -0.25) is 9.78 Å². The Bertz CT molecular complexity index is 429. The zero-order chi connectivity index (χ0) is 13.8. The molecule has 0 aliphatic heterocycles. The number of halogens is 4. The number of amides is 1. The Morgan fingerprint density at radius 1 is 1.53 bits per heavy atom. The highest BCUT2D eigenvalue weighted by molar-refractivity contribution is 5.94. The molecule has 9 heteroatoms. The number of carbonyl (C=O) groups is 1. The molecular formula is C10H13ClF3N3O2. The number of aromatic nitrogens is 1. The van der Waals surface area contributed by atoms with Crippen LogP contribution in [0.1, 0.15) is 16.1 Å². The van der Waals surface area contributed by atoms with E-state index in [1.807, 2.05) is 5.32 Å². The lowest BCUT2D eigenvalue weighted by Crippen LogP contribution is -2.40. The number of carbonyl (C=O) groups excluding carboxylic acids is 1. The number of alkyl halides is 3. The first kappa shape index (κ1) is 17.6. The molecule has 0 aliphatic carbocycles. The molecule has 5 nitrogen and oxygen atoms in total. The van der Waals surface area contributed by atoms with Crippen molar-refractivity contribution in [2.24, 2.45) is 5.73 Å². The van der Waals surface area contributed by atoms with Crippen LogP contribution >= 0.6 is 12.4 Å². The van der Waals surface area contributed by atoms with Crippen molar-refractivity contribution in [3.05, 3.63) is 29.6 Å². The van der Waals surface area contributed by atoms with Crippen LogP contribution in [0.3, 0.4) is 0 Å². The van der Waals surface area contributed by atoms with Crippen molar-refractivity contribution in [3.63, 3.8) is 0 Å². The minimum Gasteiger partial charge on any atom is -0.382 e. The van der Waals surface area contributed by atoms with Gasteiger partial charge in [0, 0.05) is 18.3 Å². The molecular weight excluding hydrogens is 287 g/mol. The molecule has 4 N–H and O–H groups in total. The smallest absolute Gasteiger partial charge is 0.382 e. The maximum atomic E-state index is 12.0. The van der Waals surface area contributed by atoms with Crippen molar-refractivity contribution in [1.82, 2.24) is 10.3 Å². The Hall–Kier alpha value is -1.38. The first-order valence-corrected chi connectivity index (χ1v) is 5.02. The summed E-state index contributed by atoms with van der Waals surface area (Å²) in [7, 11) is 0. The molecule has 0 bridgehead atoms. The highest BCUT2D eigenvalue weighted by atomic mass is 35.5. The number of rotatable bonds is 4. The van der Waals surface area contributed by atoms with Crippen molar-refractivity contribution >= 4 is 18.3 Å². The fraction of sp³-hybridized carbons (Fsp3) is 0.400. The van der Waals surface area contributed by atoms with Crippen LogP contribution in [0.4, 0.5) is 13.2 Å². The number of nitrogens with two attached hydrogens (primary N) is 1. The first-order valence-electron chi connectivity index (χ1n) is 5.02. The van der Waals surface area contributed by atoms with E-state index < -0.39 is 24.7 Å². The summed E-state index contributed by atoms with van der Waals surface area (Å²) in [6, 6.07) is 2.71. The van der Waals surface area contributed by atoms with Crippen LogP contribution in [-0.2, 0) is 6.54 Å². The summed E-state index contributed by atoms with van der Waals surface area (Å²) in [6.07, 6.45) is -6.01. The third kappa shape index (κ3) is 5.41. The minimum absolute atomic E-state index is 0. The van der Waals surface area contributed by atoms with Gasteiger partial charge >= 0.3 is 6.18 Å². The van der Waals surface area contributed by atoms with Crippen LogP contribution in [0.5, 0.6) is 0 Å². The molecule has 1 amide bonds. The second-order valence-electron chi connectivity index (χ2n) is 3.51. The molecule has 1 rings (SSSR count). The lowest BCUT2D eigenvalue weighted by Gasteiger charge is -2.15. The van der Waals surface area contributed by atoms with Gasteiger partial charge in [0.1, 0.15) is 0 Å². The zero-order valence-electron chi connectivity index (χ0n) is 9.65. The minimum atomic E-state index is -4.76. The number of aliphatic hydroxyl groups is 1. The van der Waals surface area contributed by atoms with Gasteiger partial charge in [-0.15, -0.1) is 12.4 Å². The van der Waals surface area contributed by atoms with Crippen molar-refractivity contribution < 1.29 is 23.1 Å². The number of hydrogen-bond acceptors (Lipinski definition) is 4. The monoisotopic (exact) mass is 299 g/mol. The van der Waals surface area contributed by atoms with Crippen LogP contribution in [0.2, 0.25) is 0 Å². The van der Waals surface area contributed by atoms with Crippen molar-refractivity contribution in [2.75, 3.05) is 6.54 Å². The van der Waals surface area contributed by atoms with Crippen molar-refractivity contribution in [1.29, 1.82) is 0 Å². The van der Waals surface area contributed by atoms with E-state index in [9.17, 15) is 18.0 Å². The van der Waals surface area contributed by atoms with E-state index in [4.69, 9.17) is 10.8 Å².